The average Bonchev–Trinajstić information content (AvgIpc) is 3.01. The van der Waals surface area contributed by atoms with Gasteiger partial charge in [-0.25, -0.2) is 9.38 Å². The summed E-state index contributed by atoms with van der Waals surface area (Å²) >= 11 is 2.79. The molecule has 7 heteroatoms. The molecule has 27 heavy (non-hydrogen) atoms. The highest BCUT2D eigenvalue weighted by Gasteiger charge is 2.27. The number of nitrogens with zero attached hydrogens (tertiary/aromatic N) is 3. The second-order valence-electron chi connectivity index (χ2n) is 5.91. The molecule has 0 N–H and O–H groups in total. The van der Waals surface area contributed by atoms with Crippen molar-refractivity contribution in [3.05, 3.63) is 64.3 Å². The fraction of sp³-hybridized carbons (Fsp3) is 0.200. The van der Waals surface area contributed by atoms with Crippen molar-refractivity contribution in [3.8, 4) is 0 Å². The fourth-order valence-corrected chi connectivity index (χ4v) is 4.67. The predicted molar refractivity (Wildman–Crippen MR) is 113 cm³/mol. The zero-order chi connectivity index (χ0) is 19.4. The number of carbonyl (C=O) groups is 1. The van der Waals surface area contributed by atoms with Crippen molar-refractivity contribution < 1.29 is 9.18 Å². The van der Waals surface area contributed by atoms with Gasteiger partial charge in [-0.3, -0.25) is 4.79 Å². The van der Waals surface area contributed by atoms with E-state index in [4.69, 9.17) is 4.99 Å². The molecule has 4 nitrogen and oxygen atoms in total. The summed E-state index contributed by atoms with van der Waals surface area (Å²) in [6.45, 7) is 2.79. The van der Waals surface area contributed by atoms with Crippen LogP contribution in [0.5, 0.6) is 0 Å². The van der Waals surface area contributed by atoms with Crippen molar-refractivity contribution in [2.24, 2.45) is 4.99 Å². The van der Waals surface area contributed by atoms with Crippen LogP contribution in [0.2, 0.25) is 0 Å². The Labute approximate surface area is 167 Å². The van der Waals surface area contributed by atoms with E-state index in [1.165, 1.54) is 35.7 Å². The first-order valence-corrected chi connectivity index (χ1v) is 10.1. The molecule has 3 rings (SSSR count). The van der Waals surface area contributed by atoms with Crippen molar-refractivity contribution in [1.29, 1.82) is 0 Å². The van der Waals surface area contributed by atoms with Gasteiger partial charge in [0.05, 0.1) is 21.3 Å². The molecule has 1 aliphatic rings. The van der Waals surface area contributed by atoms with Gasteiger partial charge < -0.3 is 9.80 Å². The number of amidine groups is 1. The fourth-order valence-electron chi connectivity index (χ4n) is 2.49. The van der Waals surface area contributed by atoms with Crippen LogP contribution in [0.15, 0.2) is 68.4 Å². The maximum absolute atomic E-state index is 13.6. The highest BCUT2D eigenvalue weighted by molar-refractivity contribution is 8.18. The Morgan fingerprint density at radius 3 is 2.70 bits per heavy atom. The van der Waals surface area contributed by atoms with E-state index >= 15 is 0 Å². The zero-order valence-electron chi connectivity index (χ0n) is 15.3. The molecule has 0 saturated carbocycles. The van der Waals surface area contributed by atoms with Crippen LogP contribution >= 0.6 is 23.5 Å². The third-order valence-electron chi connectivity index (χ3n) is 4.09. The first kappa shape index (κ1) is 19.5. The van der Waals surface area contributed by atoms with Gasteiger partial charge in [0.1, 0.15) is 5.82 Å². The summed E-state index contributed by atoms with van der Waals surface area (Å²) in [6.07, 6.45) is 0.843. The number of aldehydes is 1. The Balaban J connectivity index is 1.96. The molecule has 0 aliphatic carbocycles. The minimum Gasteiger partial charge on any atom is -0.354 e. The monoisotopic (exact) mass is 401 g/mol. The number of benzene rings is 2. The maximum Gasteiger partial charge on any atom is 0.169 e. The number of carbonyl (C=O) groups excluding carboxylic acids is 1. The van der Waals surface area contributed by atoms with E-state index in [2.05, 4.69) is 0 Å². The molecular formula is C20H20FN3OS2. The van der Waals surface area contributed by atoms with Gasteiger partial charge in [-0.1, -0.05) is 30.0 Å². The molecule has 0 unspecified atom stereocenters. The van der Waals surface area contributed by atoms with Gasteiger partial charge in [0.15, 0.2) is 11.5 Å². The molecule has 0 saturated heterocycles. The second kappa shape index (κ2) is 8.63. The van der Waals surface area contributed by atoms with Gasteiger partial charge in [0.25, 0.3) is 0 Å². The van der Waals surface area contributed by atoms with Crippen LogP contribution < -0.4 is 4.90 Å². The van der Waals surface area contributed by atoms with Crippen LogP contribution in [0.25, 0.3) is 0 Å². The van der Waals surface area contributed by atoms with Crippen LogP contribution in [0.1, 0.15) is 6.92 Å². The molecule has 0 fully saturated rings. The Morgan fingerprint density at radius 2 is 2.04 bits per heavy atom. The number of hydrogen-bond acceptors (Lipinski definition) is 5. The Hall–Kier alpha value is -2.25. The van der Waals surface area contributed by atoms with E-state index in [1.54, 1.807) is 6.07 Å². The van der Waals surface area contributed by atoms with Crippen molar-refractivity contribution in [2.75, 3.05) is 25.5 Å². The normalized spacial score (nSPS) is 15.6. The van der Waals surface area contributed by atoms with E-state index in [1.807, 2.05) is 61.2 Å². The van der Waals surface area contributed by atoms with Crippen molar-refractivity contribution in [2.45, 2.75) is 11.8 Å². The topological polar surface area (TPSA) is 35.9 Å². The van der Waals surface area contributed by atoms with Gasteiger partial charge >= 0.3 is 0 Å². The van der Waals surface area contributed by atoms with Gasteiger partial charge in [0, 0.05) is 25.5 Å². The van der Waals surface area contributed by atoms with Gasteiger partial charge in [-0.15, -0.1) is 0 Å². The minimum absolute atomic E-state index is 0.292. The van der Waals surface area contributed by atoms with Crippen molar-refractivity contribution in [1.82, 2.24) is 4.90 Å². The van der Waals surface area contributed by atoms with E-state index in [0.29, 0.717) is 4.91 Å². The zero-order valence-corrected chi connectivity index (χ0v) is 17.0. The highest BCUT2D eigenvalue weighted by atomic mass is 32.2. The number of anilines is 1. The lowest BCUT2D eigenvalue weighted by atomic mass is 10.3. The second-order valence-corrected chi connectivity index (χ2v) is 7.95. The average molecular weight is 402 g/mol. The molecule has 0 bridgehead atoms. The highest BCUT2D eigenvalue weighted by Crippen LogP contribution is 2.48. The quantitative estimate of drug-likeness (QED) is 0.308. The number of thioether (sulfide) groups is 2. The Kier molecular flexibility index (Phi) is 6.23. The van der Waals surface area contributed by atoms with Crippen LogP contribution in [0.4, 0.5) is 15.8 Å². The molecule has 140 valence electrons. The van der Waals surface area contributed by atoms with E-state index in [9.17, 15) is 9.18 Å². The molecule has 0 atom stereocenters. The third kappa shape index (κ3) is 4.36. The summed E-state index contributed by atoms with van der Waals surface area (Å²) in [5.74, 6) is -0.292. The summed E-state index contributed by atoms with van der Waals surface area (Å²) in [6, 6.07) is 14.3. The van der Waals surface area contributed by atoms with Gasteiger partial charge in [-0.05, 0) is 49.0 Å². The number of rotatable bonds is 4. The summed E-state index contributed by atoms with van der Waals surface area (Å²) in [5, 5.41) is 1.51. The summed E-state index contributed by atoms with van der Waals surface area (Å²) in [7, 11) is 3.78. The van der Waals surface area contributed by atoms with Crippen LogP contribution in [0, 0.1) is 5.82 Å². The number of aliphatic imine (C=N–C) groups is 1. The lowest BCUT2D eigenvalue weighted by Gasteiger charge is -2.21. The van der Waals surface area contributed by atoms with Gasteiger partial charge in [0.2, 0.25) is 0 Å². The largest absolute Gasteiger partial charge is 0.354 e. The predicted octanol–water partition coefficient (Wildman–Crippen LogP) is 5.11. The smallest absolute Gasteiger partial charge is 0.169 e. The van der Waals surface area contributed by atoms with Crippen molar-refractivity contribution in [3.63, 3.8) is 0 Å². The molecule has 0 amide bonds. The number of para-hydroxylation sites is 1. The summed E-state index contributed by atoms with van der Waals surface area (Å²) < 4.78 is 13.6. The molecule has 0 aromatic heterocycles. The third-order valence-corrected chi connectivity index (χ3v) is 6.57. The number of fused-ring (bicyclic) bond motifs is 1. The molecule has 2 aromatic rings. The lowest BCUT2D eigenvalue weighted by Crippen LogP contribution is -2.24. The van der Waals surface area contributed by atoms with E-state index < -0.39 is 0 Å². The van der Waals surface area contributed by atoms with E-state index in [-0.39, 0.29) is 5.82 Å². The molecule has 1 heterocycles. The summed E-state index contributed by atoms with van der Waals surface area (Å²) in [5.41, 5.74) is 1.59. The van der Waals surface area contributed by atoms with E-state index in [0.717, 1.165) is 39.3 Å². The summed E-state index contributed by atoms with van der Waals surface area (Å²) in [4.78, 5) is 21.9. The molecule has 0 radical (unpaired) electrons. The molecular weight excluding hydrogens is 381 g/mol. The number of hydrogen-bond donors (Lipinski definition) is 0. The lowest BCUT2D eigenvalue weighted by molar-refractivity contribution is -0.104. The minimum atomic E-state index is -0.292. The van der Waals surface area contributed by atoms with Crippen LogP contribution in [-0.4, -0.2) is 37.0 Å². The Bertz CT molecular complexity index is 899. The maximum atomic E-state index is 13.6. The first-order valence-electron chi connectivity index (χ1n) is 8.46. The number of halogens is 1. The van der Waals surface area contributed by atoms with Crippen LogP contribution in [0.3, 0.4) is 0 Å². The SMILES string of the molecule is CCN(C)C(=Nc1ccccc1)S/C(C=O)=C1/Sc2ccc(F)cc2N1C. The van der Waals surface area contributed by atoms with Crippen LogP contribution in [-0.2, 0) is 4.79 Å². The van der Waals surface area contributed by atoms with Gasteiger partial charge in [-0.2, -0.15) is 0 Å². The number of allylic oxidation sites excluding steroid dienone is 1. The standard InChI is InChI=1S/C20H20FN3OS2/c1-4-23(2)20(22-15-8-6-5-7-9-15)27-18(13-25)19-24(3)16-12-14(21)10-11-17(16)26-19/h5-13H,4H2,1-3H3/b19-18+,22-20?. The molecule has 0 spiro atoms. The Morgan fingerprint density at radius 1 is 1.30 bits per heavy atom. The first-order chi connectivity index (χ1) is 13.0. The molecule has 1 aliphatic heterocycles. The molecule has 2 aromatic carbocycles. The van der Waals surface area contributed by atoms with Crippen molar-refractivity contribution >= 4 is 46.4 Å².